The number of carbonyl (C=O) groups is 2. The topological polar surface area (TPSA) is 71.1 Å². The van der Waals surface area contributed by atoms with Crippen molar-refractivity contribution in [3.8, 4) is 0 Å². The van der Waals surface area contributed by atoms with Crippen LogP contribution in [-0.4, -0.2) is 16.8 Å². The van der Waals surface area contributed by atoms with Crippen molar-refractivity contribution in [2.45, 2.75) is 26.7 Å². The average Bonchev–Trinajstić information content (AvgIpc) is 2.87. The van der Waals surface area contributed by atoms with Crippen molar-refractivity contribution >= 4 is 34.0 Å². The highest BCUT2D eigenvalue weighted by molar-refractivity contribution is 7.13. The van der Waals surface area contributed by atoms with E-state index in [1.807, 2.05) is 5.38 Å². The number of hydrogen-bond donors (Lipinski definition) is 2. The van der Waals surface area contributed by atoms with Gasteiger partial charge in [-0.25, -0.2) is 9.78 Å². The van der Waals surface area contributed by atoms with Gasteiger partial charge in [-0.2, -0.15) is 0 Å². The summed E-state index contributed by atoms with van der Waals surface area (Å²) in [6.07, 6.45) is 0. The SMILES string of the molecule is CC(=O)c1ccc(NC(=O)Nc2nc(C(C)C)cs2)cc1. The number of aromatic nitrogens is 1. The molecule has 0 saturated carbocycles. The summed E-state index contributed by atoms with van der Waals surface area (Å²) in [7, 11) is 0. The van der Waals surface area contributed by atoms with Crippen LogP contribution in [0.15, 0.2) is 29.6 Å². The summed E-state index contributed by atoms with van der Waals surface area (Å²) in [5, 5.41) is 7.89. The molecule has 2 N–H and O–H groups in total. The Hall–Kier alpha value is -2.21. The Bertz CT molecular complexity index is 647. The van der Waals surface area contributed by atoms with Crippen LogP contribution in [-0.2, 0) is 0 Å². The summed E-state index contributed by atoms with van der Waals surface area (Å²) < 4.78 is 0. The highest BCUT2D eigenvalue weighted by Gasteiger charge is 2.09. The Morgan fingerprint density at radius 1 is 1.14 bits per heavy atom. The zero-order chi connectivity index (χ0) is 15.4. The molecule has 2 amide bonds. The molecule has 0 radical (unpaired) electrons. The van der Waals surface area contributed by atoms with Crippen LogP contribution in [0.4, 0.5) is 15.6 Å². The molecule has 2 aromatic rings. The number of thiazole rings is 1. The predicted molar refractivity (Wildman–Crippen MR) is 85.3 cm³/mol. The van der Waals surface area contributed by atoms with Gasteiger partial charge in [0.15, 0.2) is 10.9 Å². The maximum atomic E-state index is 11.9. The van der Waals surface area contributed by atoms with Crippen molar-refractivity contribution in [2.24, 2.45) is 0 Å². The number of carbonyl (C=O) groups excluding carboxylic acids is 2. The van der Waals surface area contributed by atoms with Crippen molar-refractivity contribution in [3.05, 3.63) is 40.9 Å². The number of hydrogen-bond acceptors (Lipinski definition) is 4. The molecule has 1 aromatic carbocycles. The summed E-state index contributed by atoms with van der Waals surface area (Å²) in [6.45, 7) is 5.61. The van der Waals surface area contributed by atoms with Gasteiger partial charge in [0, 0.05) is 16.6 Å². The van der Waals surface area contributed by atoms with Crippen LogP contribution < -0.4 is 10.6 Å². The van der Waals surface area contributed by atoms with Gasteiger partial charge in [-0.05, 0) is 37.1 Å². The lowest BCUT2D eigenvalue weighted by atomic mass is 10.1. The largest absolute Gasteiger partial charge is 0.325 e. The third kappa shape index (κ3) is 4.13. The Morgan fingerprint density at radius 3 is 2.33 bits per heavy atom. The van der Waals surface area contributed by atoms with E-state index in [9.17, 15) is 9.59 Å². The fraction of sp³-hybridized carbons (Fsp3) is 0.267. The lowest BCUT2D eigenvalue weighted by molar-refractivity contribution is 0.101. The maximum absolute atomic E-state index is 11.9. The number of nitrogens with one attached hydrogen (secondary N) is 2. The van der Waals surface area contributed by atoms with Crippen LogP contribution in [0, 0.1) is 0 Å². The molecule has 1 heterocycles. The molecule has 0 bridgehead atoms. The molecule has 0 saturated heterocycles. The van der Waals surface area contributed by atoms with Gasteiger partial charge in [-0.15, -0.1) is 11.3 Å². The number of urea groups is 1. The van der Waals surface area contributed by atoms with E-state index in [1.54, 1.807) is 24.3 Å². The van der Waals surface area contributed by atoms with Gasteiger partial charge in [0.2, 0.25) is 0 Å². The summed E-state index contributed by atoms with van der Waals surface area (Å²) in [4.78, 5) is 27.4. The van der Waals surface area contributed by atoms with Crippen LogP contribution >= 0.6 is 11.3 Å². The third-order valence-corrected chi connectivity index (χ3v) is 3.66. The summed E-state index contributed by atoms with van der Waals surface area (Å²) in [5.74, 6) is 0.328. The van der Waals surface area contributed by atoms with Gasteiger partial charge in [0.1, 0.15) is 0 Å². The Balaban J connectivity index is 1.96. The number of amides is 2. The van der Waals surface area contributed by atoms with Crippen LogP contribution in [0.5, 0.6) is 0 Å². The van der Waals surface area contributed by atoms with E-state index in [4.69, 9.17) is 0 Å². The second-order valence-electron chi connectivity index (χ2n) is 4.94. The molecule has 0 unspecified atom stereocenters. The second kappa shape index (κ2) is 6.49. The van der Waals surface area contributed by atoms with E-state index >= 15 is 0 Å². The highest BCUT2D eigenvalue weighted by atomic mass is 32.1. The molecule has 0 atom stereocenters. The summed E-state index contributed by atoms with van der Waals surface area (Å²) >= 11 is 1.40. The van der Waals surface area contributed by atoms with E-state index < -0.39 is 0 Å². The number of benzene rings is 1. The van der Waals surface area contributed by atoms with Crippen molar-refractivity contribution in [1.29, 1.82) is 0 Å². The molecule has 1 aromatic heterocycles. The molecular formula is C15H17N3O2S. The summed E-state index contributed by atoms with van der Waals surface area (Å²) in [5.41, 5.74) is 2.20. The Kier molecular flexibility index (Phi) is 4.70. The zero-order valence-electron chi connectivity index (χ0n) is 12.1. The minimum atomic E-state index is -0.352. The van der Waals surface area contributed by atoms with E-state index in [-0.39, 0.29) is 11.8 Å². The summed E-state index contributed by atoms with van der Waals surface area (Å²) in [6, 6.07) is 6.39. The van der Waals surface area contributed by atoms with Gasteiger partial charge in [-0.1, -0.05) is 13.8 Å². The Morgan fingerprint density at radius 2 is 1.81 bits per heavy atom. The molecule has 6 heteroatoms. The first-order valence-corrected chi connectivity index (χ1v) is 7.48. The first-order valence-electron chi connectivity index (χ1n) is 6.60. The molecule has 0 aliphatic carbocycles. The van der Waals surface area contributed by atoms with Crippen molar-refractivity contribution < 1.29 is 9.59 Å². The normalized spacial score (nSPS) is 10.5. The van der Waals surface area contributed by atoms with Crippen LogP contribution in [0.1, 0.15) is 42.7 Å². The van der Waals surface area contributed by atoms with Gasteiger partial charge in [0.05, 0.1) is 5.69 Å². The van der Waals surface area contributed by atoms with Gasteiger partial charge in [-0.3, -0.25) is 10.1 Å². The second-order valence-corrected chi connectivity index (χ2v) is 5.80. The average molecular weight is 303 g/mol. The third-order valence-electron chi connectivity index (χ3n) is 2.88. The van der Waals surface area contributed by atoms with Crippen LogP contribution in [0.2, 0.25) is 0 Å². The van der Waals surface area contributed by atoms with Gasteiger partial charge >= 0.3 is 6.03 Å². The minimum Gasteiger partial charge on any atom is -0.308 e. The number of Topliss-reactive ketones (excluding diaryl/α,β-unsaturated/α-hetero) is 1. The molecule has 2 rings (SSSR count). The predicted octanol–water partition coefficient (Wildman–Crippen LogP) is 4.11. The number of anilines is 2. The lowest BCUT2D eigenvalue weighted by Gasteiger charge is -2.06. The molecule has 110 valence electrons. The minimum absolute atomic E-state index is 0.00463. The van der Waals surface area contributed by atoms with E-state index in [0.717, 1.165) is 5.69 Å². The maximum Gasteiger partial charge on any atom is 0.325 e. The quantitative estimate of drug-likeness (QED) is 0.835. The van der Waals surface area contributed by atoms with Crippen LogP contribution in [0.3, 0.4) is 0 Å². The molecule has 5 nitrogen and oxygen atoms in total. The monoisotopic (exact) mass is 303 g/mol. The standard InChI is InChI=1S/C15H17N3O2S/c1-9(2)13-8-21-15(17-13)18-14(20)16-12-6-4-11(5-7-12)10(3)19/h4-9H,1-3H3,(H2,16,17,18,20). The first-order chi connectivity index (χ1) is 9.95. The fourth-order valence-corrected chi connectivity index (χ4v) is 2.52. The molecule has 0 fully saturated rings. The molecular weight excluding hydrogens is 286 g/mol. The van der Waals surface area contributed by atoms with E-state index in [2.05, 4.69) is 29.5 Å². The van der Waals surface area contributed by atoms with Gasteiger partial charge in [0.25, 0.3) is 0 Å². The molecule has 0 spiro atoms. The van der Waals surface area contributed by atoms with Crippen molar-refractivity contribution in [3.63, 3.8) is 0 Å². The smallest absolute Gasteiger partial charge is 0.308 e. The lowest BCUT2D eigenvalue weighted by Crippen LogP contribution is -2.19. The van der Waals surface area contributed by atoms with E-state index in [0.29, 0.717) is 22.3 Å². The zero-order valence-corrected chi connectivity index (χ0v) is 13.0. The van der Waals surface area contributed by atoms with Crippen molar-refractivity contribution in [1.82, 2.24) is 4.98 Å². The molecule has 0 aliphatic rings. The van der Waals surface area contributed by atoms with E-state index in [1.165, 1.54) is 18.3 Å². The molecule has 21 heavy (non-hydrogen) atoms. The first kappa shape index (κ1) is 15.2. The fourth-order valence-electron chi connectivity index (χ4n) is 1.66. The Labute approximate surface area is 127 Å². The number of nitrogens with zero attached hydrogens (tertiary/aromatic N) is 1. The number of ketones is 1. The van der Waals surface area contributed by atoms with Gasteiger partial charge < -0.3 is 5.32 Å². The number of rotatable bonds is 4. The van der Waals surface area contributed by atoms with Crippen molar-refractivity contribution in [2.75, 3.05) is 10.6 Å². The van der Waals surface area contributed by atoms with Crippen LogP contribution in [0.25, 0.3) is 0 Å². The molecule has 0 aliphatic heterocycles. The highest BCUT2D eigenvalue weighted by Crippen LogP contribution is 2.21.